The summed E-state index contributed by atoms with van der Waals surface area (Å²) < 4.78 is 6.01. The van der Waals surface area contributed by atoms with E-state index >= 15 is 0 Å². The number of benzene rings is 1. The van der Waals surface area contributed by atoms with E-state index in [9.17, 15) is 0 Å². The van der Waals surface area contributed by atoms with E-state index < -0.39 is 0 Å². The van der Waals surface area contributed by atoms with E-state index in [1.54, 1.807) is 5.56 Å². The summed E-state index contributed by atoms with van der Waals surface area (Å²) in [6.07, 6.45) is 12.2. The summed E-state index contributed by atoms with van der Waals surface area (Å²) in [7, 11) is 0. The zero-order valence-electron chi connectivity index (χ0n) is 11.3. The molecule has 0 aromatic heterocycles. The molecule has 1 saturated carbocycles. The van der Waals surface area contributed by atoms with E-state index in [0.717, 1.165) is 18.3 Å². The summed E-state index contributed by atoms with van der Waals surface area (Å²) in [5.74, 6) is 1.90. The smallest absolute Gasteiger partial charge is 0.119 e. The molecule has 0 atom stereocenters. The second-order valence-electron chi connectivity index (χ2n) is 5.95. The average Bonchev–Trinajstić information content (AvgIpc) is 2.46. The topological polar surface area (TPSA) is 9.23 Å². The van der Waals surface area contributed by atoms with E-state index in [1.165, 1.54) is 63.4 Å². The van der Waals surface area contributed by atoms with Crippen molar-refractivity contribution in [3.63, 3.8) is 0 Å². The standard InChI is InChI=1S/C17H24O/c1-2-6-14(7-3-1)13-18-17-11-10-15-8-4-5-9-16(15)12-17/h10-12,14H,1-9,13H2. The van der Waals surface area contributed by atoms with Gasteiger partial charge in [-0.25, -0.2) is 0 Å². The monoisotopic (exact) mass is 244 g/mol. The zero-order chi connectivity index (χ0) is 12.2. The summed E-state index contributed by atoms with van der Waals surface area (Å²) in [6, 6.07) is 6.75. The molecule has 0 saturated heterocycles. The van der Waals surface area contributed by atoms with Crippen molar-refractivity contribution in [1.82, 2.24) is 0 Å². The average molecular weight is 244 g/mol. The molecule has 0 radical (unpaired) electrons. The summed E-state index contributed by atoms with van der Waals surface area (Å²) >= 11 is 0. The maximum absolute atomic E-state index is 6.01. The van der Waals surface area contributed by atoms with Crippen LogP contribution in [0.4, 0.5) is 0 Å². The van der Waals surface area contributed by atoms with Crippen LogP contribution in [0.25, 0.3) is 0 Å². The third-order valence-corrected chi connectivity index (χ3v) is 4.53. The molecule has 0 aliphatic heterocycles. The predicted octanol–water partition coefficient (Wildman–Crippen LogP) is 4.52. The number of hydrogen-bond donors (Lipinski definition) is 0. The van der Waals surface area contributed by atoms with Crippen LogP contribution in [0.3, 0.4) is 0 Å². The first-order chi connectivity index (χ1) is 8.92. The van der Waals surface area contributed by atoms with Crippen LogP contribution in [0.2, 0.25) is 0 Å². The van der Waals surface area contributed by atoms with Crippen molar-refractivity contribution < 1.29 is 4.74 Å². The molecule has 0 bridgehead atoms. The highest BCUT2D eigenvalue weighted by molar-refractivity contribution is 5.37. The molecule has 1 fully saturated rings. The van der Waals surface area contributed by atoms with E-state index in [1.807, 2.05) is 0 Å². The molecule has 0 amide bonds. The summed E-state index contributed by atoms with van der Waals surface area (Å²) in [5, 5.41) is 0. The minimum absolute atomic E-state index is 0.801. The molecule has 1 nitrogen and oxygen atoms in total. The Bertz CT molecular complexity index is 391. The normalized spacial score (nSPS) is 20.4. The van der Waals surface area contributed by atoms with E-state index in [4.69, 9.17) is 4.74 Å². The molecular formula is C17H24O. The number of aryl methyl sites for hydroxylation is 2. The number of fused-ring (bicyclic) bond motifs is 1. The third kappa shape index (κ3) is 2.88. The number of hydrogen-bond acceptors (Lipinski definition) is 1. The van der Waals surface area contributed by atoms with Gasteiger partial charge in [-0.2, -0.15) is 0 Å². The molecule has 0 N–H and O–H groups in total. The third-order valence-electron chi connectivity index (χ3n) is 4.53. The van der Waals surface area contributed by atoms with Gasteiger partial charge in [0.05, 0.1) is 6.61 Å². The molecule has 0 spiro atoms. The Morgan fingerprint density at radius 1 is 0.889 bits per heavy atom. The second-order valence-corrected chi connectivity index (χ2v) is 5.95. The Hall–Kier alpha value is -0.980. The van der Waals surface area contributed by atoms with Crippen molar-refractivity contribution in [2.75, 3.05) is 6.61 Å². The Morgan fingerprint density at radius 3 is 2.50 bits per heavy atom. The fraction of sp³-hybridized carbons (Fsp3) is 0.647. The number of ether oxygens (including phenoxy) is 1. The van der Waals surface area contributed by atoms with Gasteiger partial charge in [0, 0.05) is 0 Å². The maximum Gasteiger partial charge on any atom is 0.119 e. The lowest BCUT2D eigenvalue weighted by Crippen LogP contribution is -2.15. The van der Waals surface area contributed by atoms with Gasteiger partial charge < -0.3 is 4.74 Å². The molecule has 3 rings (SSSR count). The van der Waals surface area contributed by atoms with Gasteiger partial charge in [0.1, 0.15) is 5.75 Å². The molecule has 0 unspecified atom stereocenters. The molecule has 98 valence electrons. The first-order valence-electron chi connectivity index (χ1n) is 7.66. The van der Waals surface area contributed by atoms with E-state index in [0.29, 0.717) is 0 Å². The van der Waals surface area contributed by atoms with Crippen LogP contribution in [0, 0.1) is 5.92 Å². The minimum Gasteiger partial charge on any atom is -0.493 e. The van der Waals surface area contributed by atoms with E-state index in [2.05, 4.69) is 18.2 Å². The molecular weight excluding hydrogens is 220 g/mol. The van der Waals surface area contributed by atoms with Crippen molar-refractivity contribution in [2.24, 2.45) is 5.92 Å². The van der Waals surface area contributed by atoms with Gasteiger partial charge >= 0.3 is 0 Å². The summed E-state index contributed by atoms with van der Waals surface area (Å²) in [4.78, 5) is 0. The number of rotatable bonds is 3. The van der Waals surface area contributed by atoms with Crippen LogP contribution in [0.1, 0.15) is 56.1 Å². The van der Waals surface area contributed by atoms with Gasteiger partial charge in [0.25, 0.3) is 0 Å². The first-order valence-corrected chi connectivity index (χ1v) is 7.66. The predicted molar refractivity (Wildman–Crippen MR) is 75.2 cm³/mol. The zero-order valence-corrected chi connectivity index (χ0v) is 11.3. The lowest BCUT2D eigenvalue weighted by atomic mass is 9.90. The van der Waals surface area contributed by atoms with Gasteiger partial charge in [-0.15, -0.1) is 0 Å². The maximum atomic E-state index is 6.01. The van der Waals surface area contributed by atoms with Gasteiger partial charge in [0.2, 0.25) is 0 Å². The van der Waals surface area contributed by atoms with E-state index in [-0.39, 0.29) is 0 Å². The Labute approximate surface area is 111 Å². The Balaban J connectivity index is 1.58. The first kappa shape index (κ1) is 12.1. The molecule has 1 heteroatoms. The molecule has 1 aromatic carbocycles. The van der Waals surface area contributed by atoms with Crippen LogP contribution in [-0.2, 0) is 12.8 Å². The Kier molecular flexibility index (Phi) is 3.87. The van der Waals surface area contributed by atoms with Crippen molar-refractivity contribution in [3.8, 4) is 5.75 Å². The molecule has 2 aliphatic rings. The van der Waals surface area contributed by atoms with Gasteiger partial charge in [-0.3, -0.25) is 0 Å². The SMILES string of the molecule is c1cc2c(cc1OCC1CCCCC1)CCCC2. The fourth-order valence-electron chi connectivity index (χ4n) is 3.37. The summed E-state index contributed by atoms with van der Waals surface area (Å²) in [5.41, 5.74) is 3.08. The summed E-state index contributed by atoms with van der Waals surface area (Å²) in [6.45, 7) is 0.929. The molecule has 0 heterocycles. The van der Waals surface area contributed by atoms with Crippen molar-refractivity contribution >= 4 is 0 Å². The lowest BCUT2D eigenvalue weighted by molar-refractivity contribution is 0.208. The molecule has 1 aromatic rings. The Morgan fingerprint density at radius 2 is 1.67 bits per heavy atom. The van der Waals surface area contributed by atoms with Crippen LogP contribution in [0.5, 0.6) is 5.75 Å². The lowest BCUT2D eigenvalue weighted by Gasteiger charge is -2.22. The largest absolute Gasteiger partial charge is 0.493 e. The van der Waals surface area contributed by atoms with Crippen LogP contribution >= 0.6 is 0 Å². The van der Waals surface area contributed by atoms with Crippen molar-refractivity contribution in [3.05, 3.63) is 29.3 Å². The van der Waals surface area contributed by atoms with Crippen molar-refractivity contribution in [2.45, 2.75) is 57.8 Å². The quantitative estimate of drug-likeness (QED) is 0.759. The fourth-order valence-corrected chi connectivity index (χ4v) is 3.37. The van der Waals surface area contributed by atoms with Crippen LogP contribution in [-0.4, -0.2) is 6.61 Å². The highest BCUT2D eigenvalue weighted by atomic mass is 16.5. The van der Waals surface area contributed by atoms with Crippen molar-refractivity contribution in [1.29, 1.82) is 0 Å². The highest BCUT2D eigenvalue weighted by Gasteiger charge is 2.15. The van der Waals surface area contributed by atoms with Gasteiger partial charge in [-0.05, 0) is 67.7 Å². The molecule has 18 heavy (non-hydrogen) atoms. The highest BCUT2D eigenvalue weighted by Crippen LogP contribution is 2.27. The second kappa shape index (κ2) is 5.77. The minimum atomic E-state index is 0.801. The van der Waals surface area contributed by atoms with Gasteiger partial charge in [-0.1, -0.05) is 25.3 Å². The molecule has 2 aliphatic carbocycles. The van der Waals surface area contributed by atoms with Gasteiger partial charge in [0.15, 0.2) is 0 Å². The van der Waals surface area contributed by atoms with Crippen LogP contribution in [0.15, 0.2) is 18.2 Å². The van der Waals surface area contributed by atoms with Crippen LogP contribution < -0.4 is 4.74 Å².